The maximum Gasteiger partial charge on any atom is 0.330 e. The average Bonchev–Trinajstić information content (AvgIpc) is 3.08. The Kier molecular flexibility index (Phi) is 29.7. The van der Waals surface area contributed by atoms with Gasteiger partial charge in [0.25, 0.3) is 10.1 Å². The zero-order valence-corrected chi connectivity index (χ0v) is 28.1. The molecule has 0 saturated carbocycles. The SMILES string of the molecule is C=CC(=O)OCCOCCOCCOCCOCCOCCOCCOCCOCCOCCOCCOS(=O)(=O)c1ccccc1. The predicted octanol–water partition coefficient (Wildman–Crippen LogP) is 1.29. The molecule has 0 radical (unpaired) electrons. The summed E-state index contributed by atoms with van der Waals surface area (Å²) in [6.45, 7) is 11.9. The van der Waals surface area contributed by atoms with E-state index in [4.69, 9.17) is 56.3 Å². The van der Waals surface area contributed by atoms with Gasteiger partial charge in [-0.2, -0.15) is 8.42 Å². The molecule has 47 heavy (non-hydrogen) atoms. The van der Waals surface area contributed by atoms with Crippen LogP contribution < -0.4 is 0 Å². The summed E-state index contributed by atoms with van der Waals surface area (Å²) in [7, 11) is -3.76. The predicted molar refractivity (Wildman–Crippen MR) is 169 cm³/mol. The summed E-state index contributed by atoms with van der Waals surface area (Å²) in [5.74, 6) is -0.466. The van der Waals surface area contributed by atoms with Gasteiger partial charge in [-0.25, -0.2) is 4.79 Å². The Labute approximate surface area is 278 Å². The Morgan fingerprint density at radius 2 is 0.745 bits per heavy atom. The zero-order valence-electron chi connectivity index (χ0n) is 27.3. The number of ether oxygens (including phenoxy) is 11. The van der Waals surface area contributed by atoms with Crippen molar-refractivity contribution in [2.45, 2.75) is 4.90 Å². The number of benzene rings is 1. The molecular formula is C31H52O15S. The largest absolute Gasteiger partial charge is 0.460 e. The Balaban J connectivity index is 1.66. The summed E-state index contributed by atoms with van der Waals surface area (Å²) < 4.78 is 87.6. The van der Waals surface area contributed by atoms with E-state index in [1.54, 1.807) is 18.2 Å². The van der Waals surface area contributed by atoms with Crippen LogP contribution in [0.5, 0.6) is 0 Å². The maximum atomic E-state index is 12.0. The molecule has 1 aromatic rings. The second-order valence-electron chi connectivity index (χ2n) is 9.08. The van der Waals surface area contributed by atoms with E-state index in [0.29, 0.717) is 126 Å². The van der Waals surface area contributed by atoms with E-state index in [2.05, 4.69) is 6.58 Å². The van der Waals surface area contributed by atoms with Crippen LogP contribution in [0.25, 0.3) is 0 Å². The van der Waals surface area contributed by atoms with E-state index in [0.717, 1.165) is 6.08 Å². The molecule has 15 nitrogen and oxygen atoms in total. The summed E-state index contributed by atoms with van der Waals surface area (Å²) in [5.41, 5.74) is 0. The third-order valence-corrected chi connectivity index (χ3v) is 6.81. The van der Waals surface area contributed by atoms with Crippen molar-refractivity contribution in [1.29, 1.82) is 0 Å². The molecule has 16 heteroatoms. The molecule has 0 bridgehead atoms. The van der Waals surface area contributed by atoms with E-state index < -0.39 is 16.1 Å². The second kappa shape index (κ2) is 32.5. The smallest absolute Gasteiger partial charge is 0.330 e. The van der Waals surface area contributed by atoms with Crippen LogP contribution >= 0.6 is 0 Å². The van der Waals surface area contributed by atoms with E-state index in [1.807, 2.05) is 0 Å². The van der Waals surface area contributed by atoms with Crippen molar-refractivity contribution >= 4 is 16.1 Å². The number of hydrogen-bond acceptors (Lipinski definition) is 15. The Morgan fingerprint density at radius 3 is 1.04 bits per heavy atom. The molecule has 0 heterocycles. The standard InChI is InChI=1S/C31H52O15S/c1-2-31(32)45-28-26-43-24-22-41-20-18-39-16-14-37-12-10-35-8-9-36-11-13-38-15-17-40-19-21-42-23-25-44-27-29-46-47(33,34)30-6-4-3-5-7-30/h2-7H,1,8-29H2. The van der Waals surface area contributed by atoms with Crippen LogP contribution in [0, 0.1) is 0 Å². The van der Waals surface area contributed by atoms with Crippen LogP contribution in [-0.4, -0.2) is 160 Å². The van der Waals surface area contributed by atoms with Gasteiger partial charge in [0.1, 0.15) is 6.61 Å². The normalized spacial score (nSPS) is 11.6. The highest BCUT2D eigenvalue weighted by Gasteiger charge is 2.13. The molecule has 0 aliphatic heterocycles. The van der Waals surface area contributed by atoms with E-state index >= 15 is 0 Å². The topological polar surface area (TPSA) is 162 Å². The van der Waals surface area contributed by atoms with Gasteiger partial charge in [0.2, 0.25) is 0 Å². The fraction of sp³-hybridized carbons (Fsp3) is 0.710. The number of esters is 1. The molecule has 0 spiro atoms. The highest BCUT2D eigenvalue weighted by molar-refractivity contribution is 7.86. The first kappa shape index (κ1) is 43.0. The minimum Gasteiger partial charge on any atom is -0.460 e. The first-order chi connectivity index (χ1) is 23.1. The highest BCUT2D eigenvalue weighted by Crippen LogP contribution is 2.10. The van der Waals surface area contributed by atoms with Crippen LogP contribution in [0.4, 0.5) is 0 Å². The average molecular weight is 697 g/mol. The van der Waals surface area contributed by atoms with Crippen molar-refractivity contribution in [3.05, 3.63) is 43.0 Å². The van der Waals surface area contributed by atoms with Crippen molar-refractivity contribution in [2.24, 2.45) is 0 Å². The molecule has 0 aliphatic carbocycles. The lowest BCUT2D eigenvalue weighted by Gasteiger charge is -2.09. The van der Waals surface area contributed by atoms with E-state index in [-0.39, 0.29) is 24.7 Å². The Bertz CT molecular complexity index is 949. The third-order valence-electron chi connectivity index (χ3n) is 5.48. The lowest BCUT2D eigenvalue weighted by molar-refractivity contribution is -0.139. The third kappa shape index (κ3) is 28.6. The van der Waals surface area contributed by atoms with E-state index in [9.17, 15) is 13.2 Å². The van der Waals surface area contributed by atoms with Crippen molar-refractivity contribution < 1.29 is 69.5 Å². The molecular weight excluding hydrogens is 644 g/mol. The van der Waals surface area contributed by atoms with Crippen molar-refractivity contribution in [2.75, 3.05) is 145 Å². The second-order valence-corrected chi connectivity index (χ2v) is 10.7. The number of carbonyl (C=O) groups excluding carboxylic acids is 1. The molecule has 1 rings (SSSR count). The monoisotopic (exact) mass is 696 g/mol. The minimum absolute atomic E-state index is 0.0635. The molecule has 0 aliphatic rings. The molecule has 1 aromatic carbocycles. The maximum absolute atomic E-state index is 12.0. The van der Waals surface area contributed by atoms with Crippen molar-refractivity contribution in [1.82, 2.24) is 0 Å². The van der Waals surface area contributed by atoms with Gasteiger partial charge in [-0.3, -0.25) is 4.18 Å². The summed E-state index contributed by atoms with van der Waals surface area (Å²) in [6, 6.07) is 7.96. The van der Waals surface area contributed by atoms with Gasteiger partial charge in [-0.05, 0) is 12.1 Å². The number of hydrogen-bond donors (Lipinski definition) is 0. The van der Waals surface area contributed by atoms with Crippen LogP contribution in [-0.2, 0) is 71.2 Å². The van der Waals surface area contributed by atoms with Gasteiger partial charge in [0.05, 0.1) is 144 Å². The summed E-state index contributed by atoms with van der Waals surface area (Å²) >= 11 is 0. The number of carbonyl (C=O) groups is 1. The summed E-state index contributed by atoms with van der Waals surface area (Å²) in [4.78, 5) is 11.0. The molecule has 0 unspecified atom stereocenters. The van der Waals surface area contributed by atoms with Crippen LogP contribution in [0.15, 0.2) is 47.9 Å². The number of rotatable bonds is 36. The van der Waals surface area contributed by atoms with Crippen LogP contribution in [0.2, 0.25) is 0 Å². The molecule has 0 N–H and O–H groups in total. The molecule has 0 saturated heterocycles. The molecule has 0 atom stereocenters. The van der Waals surface area contributed by atoms with E-state index in [1.165, 1.54) is 12.1 Å². The van der Waals surface area contributed by atoms with Gasteiger partial charge in [0.15, 0.2) is 0 Å². The summed E-state index contributed by atoms with van der Waals surface area (Å²) in [5, 5.41) is 0. The van der Waals surface area contributed by atoms with Crippen molar-refractivity contribution in [3.63, 3.8) is 0 Å². The van der Waals surface area contributed by atoms with Gasteiger partial charge >= 0.3 is 5.97 Å². The lowest BCUT2D eigenvalue weighted by atomic mass is 10.4. The quantitative estimate of drug-likeness (QED) is 0.0427. The van der Waals surface area contributed by atoms with Gasteiger partial charge in [-0.1, -0.05) is 24.8 Å². The first-order valence-corrected chi connectivity index (χ1v) is 17.0. The summed E-state index contributed by atoms with van der Waals surface area (Å²) in [6.07, 6.45) is 1.11. The molecule has 0 amide bonds. The fourth-order valence-corrected chi connectivity index (χ4v) is 4.11. The van der Waals surface area contributed by atoms with Gasteiger partial charge in [-0.15, -0.1) is 0 Å². The Morgan fingerprint density at radius 1 is 0.468 bits per heavy atom. The lowest BCUT2D eigenvalue weighted by Crippen LogP contribution is -2.16. The molecule has 0 fully saturated rings. The van der Waals surface area contributed by atoms with Crippen molar-refractivity contribution in [3.8, 4) is 0 Å². The zero-order chi connectivity index (χ0) is 33.9. The Hall–Kier alpha value is -2.06. The highest BCUT2D eigenvalue weighted by atomic mass is 32.2. The molecule has 272 valence electrons. The molecule has 0 aromatic heterocycles. The fourth-order valence-electron chi connectivity index (χ4n) is 3.20. The minimum atomic E-state index is -3.76. The first-order valence-electron chi connectivity index (χ1n) is 15.6. The van der Waals surface area contributed by atoms with Gasteiger partial charge < -0.3 is 52.1 Å². The van der Waals surface area contributed by atoms with Crippen LogP contribution in [0.3, 0.4) is 0 Å². The van der Waals surface area contributed by atoms with Gasteiger partial charge in [0, 0.05) is 6.08 Å². The van der Waals surface area contributed by atoms with Crippen LogP contribution in [0.1, 0.15) is 0 Å².